The third-order valence-corrected chi connectivity index (χ3v) is 2.80. The number of esters is 1. The predicted molar refractivity (Wildman–Crippen MR) is 80.7 cm³/mol. The lowest BCUT2D eigenvalue weighted by molar-refractivity contribution is -0.131. The van der Waals surface area contributed by atoms with Gasteiger partial charge in [0.05, 0.1) is 0 Å². The normalized spacial score (nSPS) is 10.8. The molecule has 102 valence electrons. The van der Waals surface area contributed by atoms with E-state index >= 15 is 0 Å². The first-order chi connectivity index (χ1) is 9.54. The molecule has 2 rings (SSSR count). The Bertz CT molecular complexity index is 665. The largest absolute Gasteiger partial charge is 0.424 e. The van der Waals surface area contributed by atoms with Crippen LogP contribution in [0.1, 0.15) is 23.9 Å². The van der Waals surface area contributed by atoms with Gasteiger partial charge in [-0.2, -0.15) is 0 Å². The summed E-state index contributed by atoms with van der Waals surface area (Å²) >= 11 is 5.93. The molecule has 4 heteroatoms. The zero-order valence-corrected chi connectivity index (χ0v) is 12.0. The zero-order valence-electron chi connectivity index (χ0n) is 11.3. The molecule has 0 N–H and O–H groups in total. The number of carbonyl (C=O) groups excluding carboxylic acids is 1. The monoisotopic (exact) mass is 287 g/mol. The van der Waals surface area contributed by atoms with E-state index in [1.54, 1.807) is 18.2 Å². The summed E-state index contributed by atoms with van der Waals surface area (Å²) < 4.78 is 5.13. The molecule has 0 radical (unpaired) electrons. The molecule has 0 aliphatic rings. The minimum Gasteiger partial charge on any atom is -0.424 e. The molecule has 2 aromatic rings. The number of hydrogen-bond donors (Lipinski definition) is 0. The summed E-state index contributed by atoms with van der Waals surface area (Å²) in [5.74, 6) is 0.0782. The average Bonchev–Trinajstić information content (AvgIpc) is 2.39. The molecule has 0 atom stereocenters. The predicted octanol–water partition coefficient (Wildman–Crippen LogP) is 4.14. The standard InChI is InChI=1S/C16H14ClNO2/c1-11-6-9-16(20-12(2)19)15(18-11)8-7-13-4-3-5-14(17)10-13/h3-10H,1-2H3/b8-7+. The highest BCUT2D eigenvalue weighted by Crippen LogP contribution is 2.20. The van der Waals surface area contributed by atoms with Crippen molar-refractivity contribution in [3.05, 3.63) is 58.4 Å². The van der Waals surface area contributed by atoms with Gasteiger partial charge in [0.25, 0.3) is 0 Å². The van der Waals surface area contributed by atoms with Crippen LogP contribution in [0, 0.1) is 6.92 Å². The lowest BCUT2D eigenvalue weighted by atomic mass is 10.2. The van der Waals surface area contributed by atoms with Gasteiger partial charge in [-0.15, -0.1) is 0 Å². The molecule has 20 heavy (non-hydrogen) atoms. The van der Waals surface area contributed by atoms with Gasteiger partial charge in [-0.25, -0.2) is 4.98 Å². The van der Waals surface area contributed by atoms with Crippen LogP contribution < -0.4 is 4.74 Å². The number of ether oxygens (including phenoxy) is 1. The Balaban J connectivity index is 2.32. The van der Waals surface area contributed by atoms with E-state index in [1.165, 1.54) is 6.92 Å². The number of aromatic nitrogens is 1. The quantitative estimate of drug-likeness (QED) is 0.797. The zero-order chi connectivity index (χ0) is 14.5. The van der Waals surface area contributed by atoms with Crippen molar-refractivity contribution in [2.75, 3.05) is 0 Å². The maximum atomic E-state index is 11.1. The maximum absolute atomic E-state index is 11.1. The molecular formula is C16H14ClNO2. The van der Waals surface area contributed by atoms with Gasteiger partial charge in [-0.1, -0.05) is 29.8 Å². The van der Waals surface area contributed by atoms with Crippen LogP contribution in [0.5, 0.6) is 5.75 Å². The Labute approximate surface area is 122 Å². The van der Waals surface area contributed by atoms with E-state index in [9.17, 15) is 4.79 Å². The fraction of sp³-hybridized carbons (Fsp3) is 0.125. The molecule has 0 aliphatic heterocycles. The van der Waals surface area contributed by atoms with Crippen LogP contribution in [0.15, 0.2) is 36.4 Å². The molecule has 1 heterocycles. The summed E-state index contributed by atoms with van der Waals surface area (Å²) in [6.07, 6.45) is 3.68. The summed E-state index contributed by atoms with van der Waals surface area (Å²) in [5.41, 5.74) is 2.42. The van der Waals surface area contributed by atoms with Crippen LogP contribution in [-0.2, 0) is 4.79 Å². The van der Waals surface area contributed by atoms with Gasteiger partial charge >= 0.3 is 5.97 Å². The Kier molecular flexibility index (Phi) is 4.53. The SMILES string of the molecule is CC(=O)Oc1ccc(C)nc1/C=C/c1cccc(Cl)c1. The Morgan fingerprint density at radius 1 is 1.25 bits per heavy atom. The van der Waals surface area contributed by atoms with Crippen molar-refractivity contribution in [1.82, 2.24) is 4.98 Å². The first-order valence-corrected chi connectivity index (χ1v) is 6.52. The van der Waals surface area contributed by atoms with E-state index in [-0.39, 0.29) is 5.97 Å². The first kappa shape index (κ1) is 14.3. The van der Waals surface area contributed by atoms with Gasteiger partial charge in [0.1, 0.15) is 5.69 Å². The van der Waals surface area contributed by atoms with Crippen LogP contribution >= 0.6 is 11.6 Å². The highest BCUT2D eigenvalue weighted by molar-refractivity contribution is 6.30. The van der Waals surface area contributed by atoms with Gasteiger partial charge < -0.3 is 4.74 Å². The van der Waals surface area contributed by atoms with Crippen molar-refractivity contribution in [2.45, 2.75) is 13.8 Å². The molecule has 0 fully saturated rings. The molecule has 3 nitrogen and oxygen atoms in total. The van der Waals surface area contributed by atoms with E-state index in [4.69, 9.17) is 16.3 Å². The summed E-state index contributed by atoms with van der Waals surface area (Å²) in [6.45, 7) is 3.25. The van der Waals surface area contributed by atoms with Gasteiger partial charge in [0.2, 0.25) is 0 Å². The third kappa shape index (κ3) is 3.93. The van der Waals surface area contributed by atoms with E-state index < -0.39 is 0 Å². The Morgan fingerprint density at radius 2 is 2.05 bits per heavy atom. The van der Waals surface area contributed by atoms with Crippen molar-refractivity contribution in [2.24, 2.45) is 0 Å². The van der Waals surface area contributed by atoms with Crippen LogP contribution in [0.3, 0.4) is 0 Å². The third-order valence-electron chi connectivity index (χ3n) is 2.56. The van der Waals surface area contributed by atoms with Gasteiger partial charge in [-0.3, -0.25) is 4.79 Å². The van der Waals surface area contributed by atoms with Gasteiger partial charge in [-0.05, 0) is 42.8 Å². The molecular weight excluding hydrogens is 274 g/mol. The fourth-order valence-corrected chi connectivity index (χ4v) is 1.91. The number of aryl methyl sites for hydroxylation is 1. The molecule has 0 spiro atoms. The first-order valence-electron chi connectivity index (χ1n) is 6.14. The second-order valence-corrected chi connectivity index (χ2v) is 4.75. The van der Waals surface area contributed by atoms with Crippen LogP contribution in [0.4, 0.5) is 0 Å². The highest BCUT2D eigenvalue weighted by atomic mass is 35.5. The number of rotatable bonds is 3. The molecule has 1 aromatic carbocycles. The number of nitrogens with zero attached hydrogens (tertiary/aromatic N) is 1. The van der Waals surface area contributed by atoms with Crippen molar-refractivity contribution >= 4 is 29.7 Å². The summed E-state index contributed by atoms with van der Waals surface area (Å²) in [4.78, 5) is 15.4. The van der Waals surface area contributed by atoms with E-state index in [0.29, 0.717) is 16.5 Å². The van der Waals surface area contributed by atoms with Crippen LogP contribution in [0.2, 0.25) is 5.02 Å². The molecule has 1 aromatic heterocycles. The summed E-state index contributed by atoms with van der Waals surface area (Å²) in [5, 5.41) is 0.671. The minimum absolute atomic E-state index is 0.368. The van der Waals surface area contributed by atoms with E-state index in [2.05, 4.69) is 4.98 Å². The summed E-state index contributed by atoms with van der Waals surface area (Å²) in [6, 6.07) is 11.0. The second-order valence-electron chi connectivity index (χ2n) is 4.32. The maximum Gasteiger partial charge on any atom is 0.308 e. The molecule has 0 unspecified atom stereocenters. The van der Waals surface area contributed by atoms with E-state index in [1.807, 2.05) is 37.3 Å². The number of pyridine rings is 1. The van der Waals surface area contributed by atoms with Gasteiger partial charge in [0.15, 0.2) is 5.75 Å². The smallest absolute Gasteiger partial charge is 0.308 e. The van der Waals surface area contributed by atoms with E-state index in [0.717, 1.165) is 11.3 Å². The highest BCUT2D eigenvalue weighted by Gasteiger charge is 2.05. The van der Waals surface area contributed by atoms with Crippen LogP contribution in [-0.4, -0.2) is 11.0 Å². The molecule has 0 amide bonds. The fourth-order valence-electron chi connectivity index (χ4n) is 1.71. The number of carbonyl (C=O) groups is 1. The second kappa shape index (κ2) is 6.35. The molecule has 0 aliphatic carbocycles. The van der Waals surface area contributed by atoms with Gasteiger partial charge in [0, 0.05) is 17.6 Å². The Morgan fingerprint density at radius 3 is 2.75 bits per heavy atom. The molecule has 0 bridgehead atoms. The summed E-state index contributed by atoms with van der Waals surface area (Å²) in [7, 11) is 0. The lowest BCUT2D eigenvalue weighted by Crippen LogP contribution is -2.04. The minimum atomic E-state index is -0.368. The Hall–Kier alpha value is -2.13. The van der Waals surface area contributed by atoms with Crippen molar-refractivity contribution < 1.29 is 9.53 Å². The van der Waals surface area contributed by atoms with Crippen LogP contribution in [0.25, 0.3) is 12.2 Å². The van der Waals surface area contributed by atoms with Crippen molar-refractivity contribution in [3.8, 4) is 5.75 Å². The van der Waals surface area contributed by atoms with Crippen molar-refractivity contribution in [3.63, 3.8) is 0 Å². The molecule has 0 saturated heterocycles. The van der Waals surface area contributed by atoms with Crippen molar-refractivity contribution in [1.29, 1.82) is 0 Å². The topological polar surface area (TPSA) is 39.2 Å². The number of halogens is 1. The average molecular weight is 288 g/mol. The number of hydrogen-bond acceptors (Lipinski definition) is 3. The lowest BCUT2D eigenvalue weighted by Gasteiger charge is -2.05. The molecule has 0 saturated carbocycles. The number of benzene rings is 1.